The molecule has 0 aromatic rings. The summed E-state index contributed by atoms with van der Waals surface area (Å²) in [6.45, 7) is 4.66. The Kier molecular flexibility index (Phi) is 12.1. The van der Waals surface area contributed by atoms with Gasteiger partial charge in [-0.25, -0.2) is 0 Å². The molecule has 1 atom stereocenters. The average molecular weight is 261 g/mol. The van der Waals surface area contributed by atoms with Crippen LogP contribution in [0.25, 0.3) is 0 Å². The van der Waals surface area contributed by atoms with Crippen LogP contribution in [0.15, 0.2) is 0 Å². The summed E-state index contributed by atoms with van der Waals surface area (Å²) in [5.41, 5.74) is 0. The predicted molar refractivity (Wildman–Crippen MR) is 66.7 cm³/mol. The van der Waals surface area contributed by atoms with E-state index in [-0.39, 0.29) is 5.78 Å². The summed E-state index contributed by atoms with van der Waals surface area (Å²) in [5, 5.41) is 3.04. The molecule has 0 aromatic heterocycles. The van der Waals surface area contributed by atoms with Gasteiger partial charge in [0.1, 0.15) is 18.2 Å². The van der Waals surface area contributed by atoms with Crippen molar-refractivity contribution in [1.29, 1.82) is 0 Å². The van der Waals surface area contributed by atoms with Gasteiger partial charge in [0.05, 0.1) is 26.4 Å². The number of carbonyl (C=O) groups excluding carboxylic acids is 2. The number of aldehydes is 1. The average Bonchev–Trinajstić information content (AvgIpc) is 2.36. The fraction of sp³-hybridized carbons (Fsp3) is 0.833. The highest BCUT2D eigenvalue weighted by Crippen LogP contribution is 1.85. The normalized spacial score (nSPS) is 12.3. The summed E-state index contributed by atoms with van der Waals surface area (Å²) in [4.78, 5) is 21.0. The lowest BCUT2D eigenvalue weighted by molar-refractivity contribution is -0.118. The van der Waals surface area contributed by atoms with E-state index < -0.39 is 6.10 Å². The molecule has 0 heterocycles. The lowest BCUT2D eigenvalue weighted by atomic mass is 10.3. The third-order valence-corrected chi connectivity index (χ3v) is 2.19. The lowest BCUT2D eigenvalue weighted by Crippen LogP contribution is -2.31. The maximum atomic E-state index is 10.6. The molecule has 0 saturated carbocycles. The van der Waals surface area contributed by atoms with Gasteiger partial charge < -0.3 is 24.3 Å². The smallest absolute Gasteiger partial charge is 0.150 e. The number of carbonyl (C=O) groups is 2. The minimum atomic E-state index is -0.403. The molecule has 0 aliphatic heterocycles. The molecule has 0 amide bonds. The minimum absolute atomic E-state index is 0.128. The van der Waals surface area contributed by atoms with E-state index in [4.69, 9.17) is 14.2 Å². The van der Waals surface area contributed by atoms with Crippen molar-refractivity contribution in [3.63, 3.8) is 0 Å². The lowest BCUT2D eigenvalue weighted by Gasteiger charge is -2.10. The molecule has 0 radical (unpaired) electrons. The molecule has 0 fully saturated rings. The third-order valence-electron chi connectivity index (χ3n) is 2.19. The van der Waals surface area contributed by atoms with Gasteiger partial charge in [-0.1, -0.05) is 0 Å². The van der Waals surface area contributed by atoms with Gasteiger partial charge in [0.2, 0.25) is 0 Å². The summed E-state index contributed by atoms with van der Waals surface area (Å²) in [6, 6.07) is 0. The molecule has 0 aromatic carbocycles. The SMILES string of the molecule is COC(C=O)CNCCOCCOCCC(C)=O. The maximum Gasteiger partial charge on any atom is 0.150 e. The topological polar surface area (TPSA) is 73.9 Å². The quantitative estimate of drug-likeness (QED) is 0.366. The standard InChI is InChI=1S/C12H23NO5/c1-11(15)3-5-17-7-8-18-6-4-13-9-12(10-14)16-2/h10,12-13H,3-9H2,1-2H3. The van der Waals surface area contributed by atoms with Crippen LogP contribution in [0.2, 0.25) is 0 Å². The first-order chi connectivity index (χ1) is 8.70. The second-order valence-corrected chi connectivity index (χ2v) is 3.79. The Labute approximate surface area is 108 Å². The largest absolute Gasteiger partial charge is 0.379 e. The summed E-state index contributed by atoms with van der Waals surface area (Å²) in [7, 11) is 1.50. The van der Waals surface area contributed by atoms with Gasteiger partial charge in [0, 0.05) is 26.6 Å². The zero-order chi connectivity index (χ0) is 13.6. The van der Waals surface area contributed by atoms with E-state index >= 15 is 0 Å². The number of hydrogen-bond acceptors (Lipinski definition) is 6. The summed E-state index contributed by atoms with van der Waals surface area (Å²) < 4.78 is 15.4. The highest BCUT2D eigenvalue weighted by atomic mass is 16.5. The van der Waals surface area contributed by atoms with Gasteiger partial charge in [0.25, 0.3) is 0 Å². The zero-order valence-electron chi connectivity index (χ0n) is 11.1. The van der Waals surface area contributed by atoms with Crippen molar-refractivity contribution in [1.82, 2.24) is 5.32 Å². The number of methoxy groups -OCH3 is 1. The first-order valence-electron chi connectivity index (χ1n) is 6.04. The number of ketones is 1. The van der Waals surface area contributed by atoms with E-state index in [1.54, 1.807) is 0 Å². The van der Waals surface area contributed by atoms with E-state index in [0.29, 0.717) is 45.9 Å². The number of rotatable bonds is 13. The molecular weight excluding hydrogens is 238 g/mol. The van der Waals surface area contributed by atoms with Gasteiger partial charge in [-0.05, 0) is 6.92 Å². The first kappa shape index (κ1) is 17.2. The van der Waals surface area contributed by atoms with Crippen LogP contribution in [0, 0.1) is 0 Å². The first-order valence-corrected chi connectivity index (χ1v) is 6.04. The molecule has 18 heavy (non-hydrogen) atoms. The number of nitrogens with one attached hydrogen (secondary N) is 1. The van der Waals surface area contributed by atoms with Gasteiger partial charge in [-0.15, -0.1) is 0 Å². The van der Waals surface area contributed by atoms with Crippen molar-refractivity contribution in [2.45, 2.75) is 19.4 Å². The van der Waals surface area contributed by atoms with Crippen LogP contribution in [0.1, 0.15) is 13.3 Å². The van der Waals surface area contributed by atoms with Crippen LogP contribution in [-0.2, 0) is 23.8 Å². The fourth-order valence-corrected chi connectivity index (χ4v) is 1.11. The van der Waals surface area contributed by atoms with Crippen LogP contribution in [-0.4, -0.2) is 64.8 Å². The Hall–Kier alpha value is -0.820. The van der Waals surface area contributed by atoms with Crippen molar-refractivity contribution in [2.75, 3.05) is 46.6 Å². The van der Waals surface area contributed by atoms with Gasteiger partial charge >= 0.3 is 0 Å². The molecule has 106 valence electrons. The van der Waals surface area contributed by atoms with E-state index in [9.17, 15) is 9.59 Å². The van der Waals surface area contributed by atoms with Crippen LogP contribution < -0.4 is 5.32 Å². The van der Waals surface area contributed by atoms with Crippen LogP contribution in [0.3, 0.4) is 0 Å². The van der Waals surface area contributed by atoms with Crippen molar-refractivity contribution in [2.24, 2.45) is 0 Å². The highest BCUT2D eigenvalue weighted by molar-refractivity contribution is 5.75. The van der Waals surface area contributed by atoms with E-state index in [1.165, 1.54) is 14.0 Å². The van der Waals surface area contributed by atoms with Crippen LogP contribution in [0.5, 0.6) is 0 Å². The summed E-state index contributed by atoms with van der Waals surface area (Å²) >= 11 is 0. The van der Waals surface area contributed by atoms with Crippen LogP contribution >= 0.6 is 0 Å². The Morgan fingerprint density at radius 1 is 1.22 bits per heavy atom. The van der Waals surface area contributed by atoms with Crippen molar-refractivity contribution in [3.8, 4) is 0 Å². The second-order valence-electron chi connectivity index (χ2n) is 3.79. The third kappa shape index (κ3) is 11.7. The highest BCUT2D eigenvalue weighted by Gasteiger charge is 2.02. The molecule has 0 spiro atoms. The molecule has 1 N–H and O–H groups in total. The van der Waals surface area contributed by atoms with Gasteiger partial charge in [-0.2, -0.15) is 0 Å². The molecule has 0 aliphatic carbocycles. The summed E-state index contributed by atoms with van der Waals surface area (Å²) in [6.07, 6.45) is 0.808. The molecule has 6 heteroatoms. The molecule has 1 unspecified atom stereocenters. The molecule has 0 rings (SSSR count). The van der Waals surface area contributed by atoms with Crippen molar-refractivity contribution < 1.29 is 23.8 Å². The summed E-state index contributed by atoms with van der Waals surface area (Å²) in [5.74, 6) is 0.128. The molecule has 0 saturated heterocycles. The predicted octanol–water partition coefficient (Wildman–Crippen LogP) is -0.198. The monoisotopic (exact) mass is 261 g/mol. The Morgan fingerprint density at radius 2 is 1.89 bits per heavy atom. The zero-order valence-corrected chi connectivity index (χ0v) is 11.1. The minimum Gasteiger partial charge on any atom is -0.379 e. The van der Waals surface area contributed by atoms with Crippen LogP contribution in [0.4, 0.5) is 0 Å². The fourth-order valence-electron chi connectivity index (χ4n) is 1.11. The molecule has 6 nitrogen and oxygen atoms in total. The van der Waals surface area contributed by atoms with E-state index in [1.807, 2.05) is 0 Å². The number of hydrogen-bond donors (Lipinski definition) is 1. The number of Topliss-reactive ketones (excluding diaryl/α,β-unsaturated/α-hetero) is 1. The molecular formula is C12H23NO5. The van der Waals surface area contributed by atoms with E-state index in [2.05, 4.69) is 5.32 Å². The number of ether oxygens (including phenoxy) is 3. The maximum absolute atomic E-state index is 10.6. The van der Waals surface area contributed by atoms with E-state index in [0.717, 1.165) is 6.29 Å². The second kappa shape index (κ2) is 12.6. The molecule has 0 aliphatic rings. The van der Waals surface area contributed by atoms with Crippen molar-refractivity contribution >= 4 is 12.1 Å². The van der Waals surface area contributed by atoms with Gasteiger partial charge in [0.15, 0.2) is 0 Å². The molecule has 0 bridgehead atoms. The Morgan fingerprint density at radius 3 is 2.44 bits per heavy atom. The Bertz CT molecular complexity index is 223. The van der Waals surface area contributed by atoms with Crippen molar-refractivity contribution in [3.05, 3.63) is 0 Å². The van der Waals surface area contributed by atoms with Gasteiger partial charge in [-0.3, -0.25) is 4.79 Å². The Balaban J connectivity index is 3.11.